The lowest BCUT2D eigenvalue weighted by Crippen LogP contribution is -2.42. The number of hydrogen-bond acceptors (Lipinski definition) is 4. The Balaban J connectivity index is 2.47. The van der Waals surface area contributed by atoms with Crippen LogP contribution in [0.2, 0.25) is 0 Å². The molecule has 6 heteroatoms. The van der Waals surface area contributed by atoms with Gasteiger partial charge >= 0.3 is 0 Å². The van der Waals surface area contributed by atoms with Crippen molar-refractivity contribution < 1.29 is 4.52 Å². The van der Waals surface area contributed by atoms with Crippen molar-refractivity contribution in [3.05, 3.63) is 11.7 Å². The molecule has 0 radical (unpaired) electrons. The molecule has 1 heterocycles. The minimum atomic E-state index is -0.132. The highest BCUT2D eigenvalue weighted by Gasteiger charge is 2.21. The molecule has 1 aromatic rings. The van der Waals surface area contributed by atoms with Crippen LogP contribution in [-0.2, 0) is 12.0 Å². The van der Waals surface area contributed by atoms with Crippen LogP contribution in [0.4, 0.5) is 0 Å². The highest BCUT2D eigenvalue weighted by atomic mass is 16.5. The molecule has 2 N–H and O–H groups in total. The van der Waals surface area contributed by atoms with Crippen molar-refractivity contribution in [3.63, 3.8) is 0 Å². The van der Waals surface area contributed by atoms with Crippen molar-refractivity contribution in [3.8, 4) is 0 Å². The van der Waals surface area contributed by atoms with Crippen LogP contribution in [0.25, 0.3) is 0 Å². The molecule has 1 unspecified atom stereocenters. The molecule has 0 bridgehead atoms. The summed E-state index contributed by atoms with van der Waals surface area (Å²) in [6.45, 7) is 15.6. The molecule has 0 aliphatic carbocycles. The van der Waals surface area contributed by atoms with E-state index in [9.17, 15) is 0 Å². The van der Waals surface area contributed by atoms with E-state index in [-0.39, 0.29) is 5.41 Å². The van der Waals surface area contributed by atoms with E-state index in [1.807, 2.05) is 0 Å². The first-order valence-corrected chi connectivity index (χ1v) is 8.31. The monoisotopic (exact) mass is 323 g/mol. The van der Waals surface area contributed by atoms with Gasteiger partial charge in [0.25, 0.3) is 0 Å². The molecule has 0 aliphatic rings. The quantitative estimate of drug-likeness (QED) is 0.642. The molecule has 1 atom stereocenters. The van der Waals surface area contributed by atoms with Crippen molar-refractivity contribution in [1.82, 2.24) is 20.8 Å². The van der Waals surface area contributed by atoms with Crippen molar-refractivity contribution in [2.45, 2.75) is 79.3 Å². The Hall–Kier alpha value is -1.59. The minimum Gasteiger partial charge on any atom is -0.354 e. The van der Waals surface area contributed by atoms with Gasteiger partial charge in [0, 0.05) is 18.5 Å². The first-order valence-electron chi connectivity index (χ1n) is 8.31. The Kier molecular flexibility index (Phi) is 6.59. The summed E-state index contributed by atoms with van der Waals surface area (Å²) in [5, 5.41) is 10.6. The number of rotatable bonds is 5. The van der Waals surface area contributed by atoms with E-state index in [0.717, 1.165) is 18.8 Å². The predicted molar refractivity (Wildman–Crippen MR) is 94.5 cm³/mol. The summed E-state index contributed by atoms with van der Waals surface area (Å²) in [5.74, 6) is 2.05. The normalized spacial score (nSPS) is 14.7. The Morgan fingerprint density at radius 1 is 1.22 bits per heavy atom. The van der Waals surface area contributed by atoms with E-state index in [4.69, 9.17) is 4.52 Å². The van der Waals surface area contributed by atoms with Gasteiger partial charge in [-0.1, -0.05) is 46.7 Å². The third kappa shape index (κ3) is 7.48. The smallest absolute Gasteiger partial charge is 0.232 e. The molecular weight excluding hydrogens is 290 g/mol. The van der Waals surface area contributed by atoms with E-state index < -0.39 is 0 Å². The fourth-order valence-electron chi connectivity index (χ4n) is 1.94. The minimum absolute atomic E-state index is 0.132. The topological polar surface area (TPSA) is 75.3 Å². The number of nitrogens with zero attached hydrogens (tertiary/aromatic N) is 3. The maximum Gasteiger partial charge on any atom is 0.232 e. The second-order valence-electron chi connectivity index (χ2n) is 8.34. The molecule has 0 aromatic carbocycles. The Labute approximate surface area is 140 Å². The summed E-state index contributed by atoms with van der Waals surface area (Å²) in [7, 11) is 1.77. The Bertz CT molecular complexity index is 508. The molecule has 132 valence electrons. The molecule has 1 aromatic heterocycles. The Morgan fingerprint density at radius 3 is 2.35 bits per heavy atom. The fourth-order valence-corrected chi connectivity index (χ4v) is 1.94. The van der Waals surface area contributed by atoms with Crippen molar-refractivity contribution in [2.75, 3.05) is 7.05 Å². The number of aliphatic imine (C=N–C) groups is 1. The zero-order valence-corrected chi connectivity index (χ0v) is 15.9. The summed E-state index contributed by atoms with van der Waals surface area (Å²) in [6.07, 6.45) is 2.26. The van der Waals surface area contributed by atoms with Crippen molar-refractivity contribution in [2.24, 2.45) is 10.4 Å². The third-order valence-electron chi connectivity index (χ3n) is 3.46. The van der Waals surface area contributed by atoms with Gasteiger partial charge in [0.1, 0.15) is 0 Å². The molecule has 0 amide bonds. The van der Waals surface area contributed by atoms with Crippen LogP contribution in [0.5, 0.6) is 0 Å². The number of aromatic nitrogens is 2. The molecule has 0 aliphatic heterocycles. The van der Waals surface area contributed by atoms with Gasteiger partial charge in [-0.3, -0.25) is 4.99 Å². The van der Waals surface area contributed by atoms with Crippen LogP contribution >= 0.6 is 0 Å². The lowest BCUT2D eigenvalue weighted by molar-refractivity contribution is 0.318. The maximum absolute atomic E-state index is 5.29. The first kappa shape index (κ1) is 19.5. The first-order chi connectivity index (χ1) is 10.5. The predicted octanol–water partition coefficient (Wildman–Crippen LogP) is 3.25. The van der Waals surface area contributed by atoms with Gasteiger partial charge in [0.2, 0.25) is 5.89 Å². The van der Waals surface area contributed by atoms with Crippen LogP contribution in [-0.4, -0.2) is 29.2 Å². The SMILES string of the molecule is CN=C(NCc1noc(C(C)(C)C)n1)NC(C)CCC(C)(C)C. The zero-order valence-electron chi connectivity index (χ0n) is 15.9. The van der Waals surface area contributed by atoms with Gasteiger partial charge in [-0.25, -0.2) is 0 Å². The maximum atomic E-state index is 5.29. The van der Waals surface area contributed by atoms with E-state index in [1.54, 1.807) is 7.05 Å². The molecule has 23 heavy (non-hydrogen) atoms. The van der Waals surface area contributed by atoms with Gasteiger partial charge < -0.3 is 15.2 Å². The van der Waals surface area contributed by atoms with Gasteiger partial charge in [-0.05, 0) is 25.2 Å². The molecular formula is C17H33N5O. The van der Waals surface area contributed by atoms with E-state index in [2.05, 4.69) is 74.2 Å². The third-order valence-corrected chi connectivity index (χ3v) is 3.46. The van der Waals surface area contributed by atoms with E-state index in [0.29, 0.717) is 29.7 Å². The largest absolute Gasteiger partial charge is 0.354 e. The highest BCUT2D eigenvalue weighted by molar-refractivity contribution is 5.79. The summed E-state index contributed by atoms with van der Waals surface area (Å²) in [5.41, 5.74) is 0.216. The summed E-state index contributed by atoms with van der Waals surface area (Å²) < 4.78 is 5.29. The average molecular weight is 323 g/mol. The Morgan fingerprint density at radius 2 is 1.87 bits per heavy atom. The lowest BCUT2D eigenvalue weighted by Gasteiger charge is -2.22. The van der Waals surface area contributed by atoms with E-state index >= 15 is 0 Å². The fraction of sp³-hybridized carbons (Fsp3) is 0.824. The molecule has 0 spiro atoms. The lowest BCUT2D eigenvalue weighted by atomic mass is 9.89. The van der Waals surface area contributed by atoms with Crippen LogP contribution in [0.15, 0.2) is 9.52 Å². The molecule has 6 nitrogen and oxygen atoms in total. The van der Waals surface area contributed by atoms with Crippen LogP contribution in [0.3, 0.4) is 0 Å². The van der Waals surface area contributed by atoms with E-state index in [1.165, 1.54) is 0 Å². The average Bonchev–Trinajstić information content (AvgIpc) is 2.89. The van der Waals surface area contributed by atoms with Gasteiger partial charge in [-0.2, -0.15) is 4.98 Å². The van der Waals surface area contributed by atoms with Gasteiger partial charge in [-0.15, -0.1) is 0 Å². The molecule has 0 saturated carbocycles. The standard InChI is InChI=1S/C17H33N5O/c1-12(9-10-16(2,3)4)20-15(18-8)19-11-13-21-14(23-22-13)17(5,6)7/h12H,9-11H2,1-8H3,(H2,18,19,20). The molecule has 0 fully saturated rings. The van der Waals surface area contributed by atoms with Crippen molar-refractivity contribution >= 4 is 5.96 Å². The second kappa shape index (κ2) is 7.79. The number of hydrogen-bond donors (Lipinski definition) is 2. The van der Waals surface area contributed by atoms with Crippen LogP contribution < -0.4 is 10.6 Å². The van der Waals surface area contributed by atoms with Crippen LogP contribution in [0, 0.1) is 5.41 Å². The summed E-state index contributed by atoms with van der Waals surface area (Å²) in [6, 6.07) is 0.357. The van der Waals surface area contributed by atoms with Gasteiger partial charge in [0.15, 0.2) is 11.8 Å². The van der Waals surface area contributed by atoms with Crippen LogP contribution in [0.1, 0.15) is 73.0 Å². The molecule has 0 saturated heterocycles. The number of nitrogens with one attached hydrogen (secondary N) is 2. The highest BCUT2D eigenvalue weighted by Crippen LogP contribution is 2.21. The zero-order chi connectivity index (χ0) is 17.7. The summed E-state index contributed by atoms with van der Waals surface area (Å²) >= 11 is 0. The molecule has 1 rings (SSSR count). The van der Waals surface area contributed by atoms with Gasteiger partial charge in [0.05, 0.1) is 6.54 Å². The second-order valence-corrected chi connectivity index (χ2v) is 8.34. The number of guanidine groups is 1. The van der Waals surface area contributed by atoms with Crippen molar-refractivity contribution in [1.29, 1.82) is 0 Å². The summed E-state index contributed by atoms with van der Waals surface area (Å²) in [4.78, 5) is 8.66.